The molecular weight excluding hydrogens is 526 g/mol. The molecule has 12 heteroatoms. The summed E-state index contributed by atoms with van der Waals surface area (Å²) in [6, 6.07) is 8.18. The predicted octanol–water partition coefficient (Wildman–Crippen LogP) is 2.06. The Hall–Kier alpha value is -3.06. The second-order valence-corrected chi connectivity index (χ2v) is 10.8. The van der Waals surface area contributed by atoms with Gasteiger partial charge in [0.2, 0.25) is 5.91 Å². The van der Waals surface area contributed by atoms with E-state index in [-0.39, 0.29) is 5.91 Å². The molecule has 2 aromatic rings. The fourth-order valence-electron chi connectivity index (χ4n) is 5.15. The third-order valence-corrected chi connectivity index (χ3v) is 7.10. The van der Waals surface area contributed by atoms with E-state index in [9.17, 15) is 4.79 Å². The van der Waals surface area contributed by atoms with Crippen molar-refractivity contribution in [2.24, 2.45) is 5.14 Å². The van der Waals surface area contributed by atoms with E-state index in [1.165, 1.54) is 16.7 Å². The van der Waals surface area contributed by atoms with Gasteiger partial charge in [0.05, 0.1) is 34.9 Å². The van der Waals surface area contributed by atoms with E-state index in [0.717, 1.165) is 68.3 Å². The Labute approximate surface area is 230 Å². The Morgan fingerprint density at radius 1 is 0.949 bits per heavy atom. The molecule has 4 rings (SSSR count). The Bertz CT molecular complexity index is 1260. The average molecular weight is 566 g/mol. The summed E-state index contributed by atoms with van der Waals surface area (Å²) in [6.45, 7) is 3.47. The lowest BCUT2D eigenvalue weighted by molar-refractivity contribution is -0.130. The van der Waals surface area contributed by atoms with Gasteiger partial charge < -0.3 is 28.7 Å². The molecule has 0 aromatic heterocycles. The molecule has 2 aliphatic rings. The van der Waals surface area contributed by atoms with Gasteiger partial charge in [-0.25, -0.2) is 5.14 Å². The monoisotopic (exact) mass is 565 g/mol. The van der Waals surface area contributed by atoms with E-state index in [4.69, 9.17) is 31.9 Å². The number of hydrogen-bond donors (Lipinski definition) is 2. The standard InChI is InChI=1S/C27H36N2O5.H3NO3S/c1-28(17-21-11-20-14-25(33-4)26(34-5)16-22(20)21)8-6-9-29-10-7-18-12-23(31-2)24(32-3)13-19(18)15-27(29)30;1-5(2,3)4/h12-14,16,21H,6-11,15,17H2,1-5H3;(H3,1,2,3,4)/t21-;/m1./s1. The molecule has 0 saturated carbocycles. The van der Waals surface area contributed by atoms with Crippen LogP contribution in [0, 0.1) is 0 Å². The van der Waals surface area contributed by atoms with Crippen molar-refractivity contribution in [1.82, 2.24) is 9.80 Å². The van der Waals surface area contributed by atoms with Crippen molar-refractivity contribution < 1.29 is 36.7 Å². The Morgan fingerprint density at radius 2 is 1.46 bits per heavy atom. The summed E-state index contributed by atoms with van der Waals surface area (Å²) in [4.78, 5) is 17.3. The first kappa shape index (κ1) is 30.5. The van der Waals surface area contributed by atoms with Gasteiger partial charge in [-0.05, 0) is 79.4 Å². The van der Waals surface area contributed by atoms with Crippen LogP contribution < -0.4 is 24.1 Å². The second kappa shape index (κ2) is 13.3. The van der Waals surface area contributed by atoms with Crippen molar-refractivity contribution in [1.29, 1.82) is 0 Å². The van der Waals surface area contributed by atoms with Crippen LogP contribution in [0.25, 0.3) is 0 Å². The molecule has 11 nitrogen and oxygen atoms in total. The molecule has 0 spiro atoms. The zero-order valence-corrected chi connectivity index (χ0v) is 24.0. The first-order valence-electron chi connectivity index (χ1n) is 12.7. The van der Waals surface area contributed by atoms with Crippen LogP contribution in [0.3, 0.4) is 0 Å². The van der Waals surface area contributed by atoms with Gasteiger partial charge in [0.1, 0.15) is 0 Å². The van der Waals surface area contributed by atoms with Crippen LogP contribution in [0.2, 0.25) is 0 Å². The van der Waals surface area contributed by atoms with E-state index >= 15 is 0 Å². The molecule has 0 bridgehead atoms. The Morgan fingerprint density at radius 3 is 2.03 bits per heavy atom. The summed E-state index contributed by atoms with van der Waals surface area (Å²) < 4.78 is 46.9. The summed E-state index contributed by atoms with van der Waals surface area (Å²) in [5.41, 5.74) is 4.91. The van der Waals surface area contributed by atoms with Gasteiger partial charge in [-0.2, -0.15) is 8.42 Å². The number of benzene rings is 2. The lowest BCUT2D eigenvalue weighted by atomic mass is 9.77. The van der Waals surface area contributed by atoms with Crippen molar-refractivity contribution in [2.45, 2.75) is 31.6 Å². The fourth-order valence-corrected chi connectivity index (χ4v) is 5.15. The number of hydrogen-bond acceptors (Lipinski definition) is 8. The number of nitrogens with zero attached hydrogens (tertiary/aromatic N) is 2. The molecule has 1 amide bonds. The fraction of sp³-hybridized carbons (Fsp3) is 0.519. The molecule has 1 atom stereocenters. The minimum absolute atomic E-state index is 0.183. The second-order valence-electron chi connectivity index (χ2n) is 9.72. The topological polar surface area (TPSA) is 141 Å². The molecule has 1 heterocycles. The average Bonchev–Trinajstić information content (AvgIpc) is 3.02. The third-order valence-electron chi connectivity index (χ3n) is 7.10. The SMILES string of the molecule is COc1cc2c(cc1OC)CC(=O)N(CCCN(C)C[C@H]1Cc3cc(OC)c(OC)cc31)CC2.NS(=O)(=O)O. The van der Waals surface area contributed by atoms with Crippen molar-refractivity contribution in [3.05, 3.63) is 46.5 Å². The van der Waals surface area contributed by atoms with Crippen LogP contribution in [0.5, 0.6) is 23.0 Å². The number of ether oxygens (including phenoxy) is 4. The molecule has 2 aromatic carbocycles. The molecular formula is C27H39N3O8S. The number of carbonyl (C=O) groups is 1. The van der Waals surface area contributed by atoms with Gasteiger partial charge >= 0.3 is 10.3 Å². The van der Waals surface area contributed by atoms with Gasteiger partial charge in [-0.15, -0.1) is 0 Å². The van der Waals surface area contributed by atoms with Crippen LogP contribution in [-0.2, 0) is 34.4 Å². The van der Waals surface area contributed by atoms with Crippen molar-refractivity contribution in [3.63, 3.8) is 0 Å². The number of methoxy groups -OCH3 is 4. The molecule has 39 heavy (non-hydrogen) atoms. The maximum Gasteiger partial charge on any atom is 0.330 e. The smallest absolute Gasteiger partial charge is 0.330 e. The van der Waals surface area contributed by atoms with E-state index < -0.39 is 10.3 Å². The first-order valence-corrected chi connectivity index (χ1v) is 14.2. The zero-order chi connectivity index (χ0) is 28.7. The minimum atomic E-state index is -4.17. The quantitative estimate of drug-likeness (QED) is 0.414. The molecule has 3 N–H and O–H groups in total. The summed E-state index contributed by atoms with van der Waals surface area (Å²) in [5.74, 6) is 3.69. The number of rotatable bonds is 10. The van der Waals surface area contributed by atoms with E-state index in [0.29, 0.717) is 18.1 Å². The van der Waals surface area contributed by atoms with Crippen LogP contribution >= 0.6 is 0 Å². The van der Waals surface area contributed by atoms with E-state index in [2.05, 4.69) is 29.2 Å². The van der Waals surface area contributed by atoms with Crippen molar-refractivity contribution >= 4 is 16.2 Å². The molecule has 0 radical (unpaired) electrons. The highest BCUT2D eigenvalue weighted by atomic mass is 32.2. The lowest BCUT2D eigenvalue weighted by Crippen LogP contribution is -2.36. The molecule has 0 fully saturated rings. The summed E-state index contributed by atoms with van der Waals surface area (Å²) in [6.07, 6.45) is 3.27. The maximum atomic E-state index is 12.9. The number of fused-ring (bicyclic) bond motifs is 2. The van der Waals surface area contributed by atoms with Crippen LogP contribution in [0.4, 0.5) is 0 Å². The van der Waals surface area contributed by atoms with Crippen molar-refractivity contribution in [2.75, 3.05) is 61.7 Å². The Balaban J connectivity index is 0.000000771. The van der Waals surface area contributed by atoms with Gasteiger partial charge in [0.15, 0.2) is 23.0 Å². The predicted molar refractivity (Wildman–Crippen MR) is 147 cm³/mol. The third kappa shape index (κ3) is 8.21. The van der Waals surface area contributed by atoms with Crippen LogP contribution in [0.15, 0.2) is 24.3 Å². The molecule has 0 saturated heterocycles. The van der Waals surface area contributed by atoms with Crippen LogP contribution in [0.1, 0.15) is 34.6 Å². The highest BCUT2D eigenvalue weighted by Gasteiger charge is 2.29. The first-order chi connectivity index (χ1) is 18.5. The van der Waals surface area contributed by atoms with Gasteiger partial charge in [0.25, 0.3) is 0 Å². The minimum Gasteiger partial charge on any atom is -0.493 e. The maximum absolute atomic E-state index is 12.9. The highest BCUT2D eigenvalue weighted by molar-refractivity contribution is 7.83. The van der Waals surface area contributed by atoms with E-state index in [1.807, 2.05) is 17.0 Å². The summed E-state index contributed by atoms with van der Waals surface area (Å²) in [5, 5.41) is 3.88. The molecule has 216 valence electrons. The van der Waals surface area contributed by atoms with Crippen LogP contribution in [-0.4, -0.2) is 90.3 Å². The number of likely N-dealkylation sites (N-methyl/N-ethyl adjacent to an activating group) is 1. The van der Waals surface area contributed by atoms with E-state index in [1.54, 1.807) is 28.4 Å². The molecule has 1 aliphatic heterocycles. The Kier molecular flexibility index (Phi) is 10.4. The van der Waals surface area contributed by atoms with Gasteiger partial charge in [-0.1, -0.05) is 0 Å². The highest BCUT2D eigenvalue weighted by Crippen LogP contribution is 2.42. The normalized spacial score (nSPS) is 16.3. The largest absolute Gasteiger partial charge is 0.493 e. The number of nitrogens with two attached hydrogens (primary N) is 1. The van der Waals surface area contributed by atoms with Crippen molar-refractivity contribution in [3.8, 4) is 23.0 Å². The van der Waals surface area contributed by atoms with Gasteiger partial charge in [-0.3, -0.25) is 9.35 Å². The molecule has 0 unspecified atom stereocenters. The van der Waals surface area contributed by atoms with Gasteiger partial charge in [0, 0.05) is 25.6 Å². The lowest BCUT2D eigenvalue weighted by Gasteiger charge is -2.34. The number of carbonyl (C=O) groups excluding carboxylic acids is 1. The zero-order valence-electron chi connectivity index (χ0n) is 23.2. The molecule has 1 aliphatic carbocycles. The number of amides is 1. The summed E-state index contributed by atoms with van der Waals surface area (Å²) in [7, 11) is 4.62. The summed E-state index contributed by atoms with van der Waals surface area (Å²) >= 11 is 0.